The maximum atomic E-state index is 13.0. The molecule has 0 saturated carbocycles. The fraction of sp³-hybridized carbons (Fsp3) is 0.333. The van der Waals surface area contributed by atoms with E-state index in [1.807, 2.05) is 41.4 Å². The number of hydrogen-bond donors (Lipinski definition) is 0. The Hall–Kier alpha value is -3.08. The fourth-order valence-electron chi connectivity index (χ4n) is 4.15. The minimum Gasteiger partial charge on any atom is -0.497 e. The molecule has 5 heteroatoms. The molecule has 150 valence electrons. The van der Waals surface area contributed by atoms with Gasteiger partial charge in [0.05, 0.1) is 14.2 Å². The first-order valence-corrected chi connectivity index (χ1v) is 9.97. The van der Waals surface area contributed by atoms with E-state index in [1.165, 1.54) is 0 Å². The van der Waals surface area contributed by atoms with Crippen molar-refractivity contribution >= 4 is 16.7 Å². The highest BCUT2D eigenvalue weighted by Crippen LogP contribution is 2.32. The second-order valence-electron chi connectivity index (χ2n) is 7.55. The van der Waals surface area contributed by atoms with Crippen LogP contribution in [0.1, 0.15) is 40.4 Å². The van der Waals surface area contributed by atoms with Gasteiger partial charge in [-0.25, -0.2) is 0 Å². The summed E-state index contributed by atoms with van der Waals surface area (Å²) in [5, 5.41) is 2.26. The number of methoxy groups -OCH3 is 2. The van der Waals surface area contributed by atoms with Crippen molar-refractivity contribution in [3.63, 3.8) is 0 Å². The number of fused-ring (bicyclic) bond motifs is 1. The molecule has 2 heterocycles. The van der Waals surface area contributed by atoms with E-state index in [-0.39, 0.29) is 11.8 Å². The maximum absolute atomic E-state index is 13.0. The molecule has 0 bridgehead atoms. The van der Waals surface area contributed by atoms with Gasteiger partial charge in [-0.05, 0) is 67.1 Å². The van der Waals surface area contributed by atoms with Crippen molar-refractivity contribution < 1.29 is 14.3 Å². The SMILES string of the molecule is COc1cccc(C(=O)N2CCC[C@H](c3cc4c(C)c(OC)ccc4cn3)C2)c1. The summed E-state index contributed by atoms with van der Waals surface area (Å²) in [6.07, 6.45) is 3.93. The summed E-state index contributed by atoms with van der Waals surface area (Å²) in [7, 11) is 3.31. The van der Waals surface area contributed by atoms with Crippen molar-refractivity contribution in [3.8, 4) is 11.5 Å². The number of likely N-dealkylation sites (tertiary alicyclic amines) is 1. The van der Waals surface area contributed by atoms with Crippen LogP contribution in [-0.2, 0) is 0 Å². The number of carbonyl (C=O) groups is 1. The number of carbonyl (C=O) groups excluding carboxylic acids is 1. The molecule has 0 N–H and O–H groups in total. The molecular weight excluding hydrogens is 364 g/mol. The van der Waals surface area contributed by atoms with Crippen LogP contribution >= 0.6 is 0 Å². The van der Waals surface area contributed by atoms with E-state index in [1.54, 1.807) is 20.3 Å². The summed E-state index contributed by atoms with van der Waals surface area (Å²) in [5.41, 5.74) is 2.82. The molecule has 1 aliphatic heterocycles. The van der Waals surface area contributed by atoms with E-state index in [2.05, 4.69) is 13.0 Å². The summed E-state index contributed by atoms with van der Waals surface area (Å²) in [6.45, 7) is 3.52. The minimum absolute atomic E-state index is 0.0484. The van der Waals surface area contributed by atoms with Crippen molar-refractivity contribution in [2.75, 3.05) is 27.3 Å². The highest BCUT2D eigenvalue weighted by Gasteiger charge is 2.26. The fourth-order valence-corrected chi connectivity index (χ4v) is 4.15. The molecule has 0 radical (unpaired) electrons. The summed E-state index contributed by atoms with van der Waals surface area (Å²) >= 11 is 0. The van der Waals surface area contributed by atoms with Gasteiger partial charge in [0.15, 0.2) is 0 Å². The zero-order chi connectivity index (χ0) is 20.4. The molecule has 1 aromatic heterocycles. The van der Waals surface area contributed by atoms with Crippen LogP contribution in [0.25, 0.3) is 10.8 Å². The third-order valence-corrected chi connectivity index (χ3v) is 5.81. The molecule has 4 rings (SSSR count). The van der Waals surface area contributed by atoms with E-state index in [0.717, 1.165) is 47.2 Å². The van der Waals surface area contributed by atoms with Gasteiger partial charge >= 0.3 is 0 Å². The predicted octanol–water partition coefficient (Wildman–Crippen LogP) is 4.58. The van der Waals surface area contributed by atoms with Crippen LogP contribution in [0, 0.1) is 6.92 Å². The average Bonchev–Trinajstić information content (AvgIpc) is 2.79. The highest BCUT2D eigenvalue weighted by molar-refractivity contribution is 5.94. The number of amides is 1. The Morgan fingerprint density at radius 3 is 2.79 bits per heavy atom. The molecule has 0 spiro atoms. The molecule has 5 nitrogen and oxygen atoms in total. The zero-order valence-electron chi connectivity index (χ0n) is 17.1. The first-order valence-electron chi connectivity index (χ1n) is 9.97. The van der Waals surface area contributed by atoms with Crippen LogP contribution in [-0.4, -0.2) is 43.1 Å². The lowest BCUT2D eigenvalue weighted by Crippen LogP contribution is -2.39. The van der Waals surface area contributed by atoms with E-state index >= 15 is 0 Å². The predicted molar refractivity (Wildman–Crippen MR) is 114 cm³/mol. The van der Waals surface area contributed by atoms with Crippen molar-refractivity contribution in [1.82, 2.24) is 9.88 Å². The summed E-state index contributed by atoms with van der Waals surface area (Å²) in [4.78, 5) is 19.7. The van der Waals surface area contributed by atoms with E-state index in [0.29, 0.717) is 17.9 Å². The van der Waals surface area contributed by atoms with E-state index in [9.17, 15) is 4.79 Å². The molecule has 0 unspecified atom stereocenters. The van der Waals surface area contributed by atoms with Crippen molar-refractivity contribution in [1.29, 1.82) is 0 Å². The van der Waals surface area contributed by atoms with Crippen LogP contribution in [0.2, 0.25) is 0 Å². The Balaban J connectivity index is 1.59. The largest absolute Gasteiger partial charge is 0.497 e. The molecule has 1 atom stereocenters. The van der Waals surface area contributed by atoms with Crippen molar-refractivity contribution in [3.05, 3.63) is 65.5 Å². The Morgan fingerprint density at radius 2 is 2.00 bits per heavy atom. The number of nitrogens with zero attached hydrogens (tertiary/aromatic N) is 2. The van der Waals surface area contributed by atoms with Gasteiger partial charge in [-0.15, -0.1) is 0 Å². The van der Waals surface area contributed by atoms with Gasteiger partial charge in [0.25, 0.3) is 5.91 Å². The number of rotatable bonds is 4. The number of piperidine rings is 1. The molecule has 1 saturated heterocycles. The lowest BCUT2D eigenvalue weighted by Gasteiger charge is -2.32. The molecule has 0 aliphatic carbocycles. The van der Waals surface area contributed by atoms with Gasteiger partial charge in [0.2, 0.25) is 0 Å². The zero-order valence-corrected chi connectivity index (χ0v) is 17.1. The normalized spacial score (nSPS) is 16.7. The van der Waals surface area contributed by atoms with Crippen LogP contribution in [0.5, 0.6) is 11.5 Å². The van der Waals surface area contributed by atoms with Gasteiger partial charge in [-0.3, -0.25) is 9.78 Å². The van der Waals surface area contributed by atoms with Crippen molar-refractivity contribution in [2.24, 2.45) is 0 Å². The highest BCUT2D eigenvalue weighted by atomic mass is 16.5. The molecule has 2 aromatic carbocycles. The van der Waals surface area contributed by atoms with Crippen molar-refractivity contribution in [2.45, 2.75) is 25.7 Å². The number of benzene rings is 2. The van der Waals surface area contributed by atoms with Gasteiger partial charge in [0, 0.05) is 41.8 Å². The van der Waals surface area contributed by atoms with E-state index in [4.69, 9.17) is 14.5 Å². The molecule has 29 heavy (non-hydrogen) atoms. The second-order valence-corrected chi connectivity index (χ2v) is 7.55. The van der Waals surface area contributed by atoms with Gasteiger partial charge in [-0.2, -0.15) is 0 Å². The molecule has 3 aromatic rings. The Morgan fingerprint density at radius 1 is 1.14 bits per heavy atom. The average molecular weight is 390 g/mol. The van der Waals surface area contributed by atoms with Gasteiger partial charge in [0.1, 0.15) is 11.5 Å². The third-order valence-electron chi connectivity index (χ3n) is 5.81. The monoisotopic (exact) mass is 390 g/mol. The molecule has 1 aliphatic rings. The second kappa shape index (κ2) is 8.11. The number of aromatic nitrogens is 1. The smallest absolute Gasteiger partial charge is 0.254 e. The number of ether oxygens (including phenoxy) is 2. The summed E-state index contributed by atoms with van der Waals surface area (Å²) < 4.78 is 10.7. The molecular formula is C24H26N2O3. The van der Waals surface area contributed by atoms with Gasteiger partial charge < -0.3 is 14.4 Å². The topological polar surface area (TPSA) is 51.7 Å². The molecule has 1 fully saturated rings. The maximum Gasteiger partial charge on any atom is 0.254 e. The van der Waals surface area contributed by atoms with Gasteiger partial charge in [-0.1, -0.05) is 6.07 Å². The van der Waals surface area contributed by atoms with E-state index < -0.39 is 0 Å². The Labute approximate surface area is 171 Å². The lowest BCUT2D eigenvalue weighted by molar-refractivity contribution is 0.0705. The minimum atomic E-state index is 0.0484. The standard InChI is InChI=1S/C24H26N2O3/c1-16-21-13-22(25-14-18(21)9-10-23(16)29-3)19-7-5-11-26(15-19)24(27)17-6-4-8-20(12-17)28-2/h4,6,8-10,12-14,19H,5,7,11,15H2,1-3H3/t19-/m0/s1. The summed E-state index contributed by atoms with van der Waals surface area (Å²) in [5.74, 6) is 1.86. The first kappa shape index (κ1) is 19.2. The molecule has 1 amide bonds. The van der Waals surface area contributed by atoms with Crippen LogP contribution in [0.3, 0.4) is 0 Å². The Kier molecular flexibility index (Phi) is 5.38. The van der Waals surface area contributed by atoms with Crippen LogP contribution < -0.4 is 9.47 Å². The quantitative estimate of drug-likeness (QED) is 0.654. The summed E-state index contributed by atoms with van der Waals surface area (Å²) in [6, 6.07) is 13.5. The number of aryl methyl sites for hydroxylation is 1. The van der Waals surface area contributed by atoms with Crippen LogP contribution in [0.15, 0.2) is 48.7 Å². The number of pyridine rings is 1. The first-order chi connectivity index (χ1) is 14.1. The Bertz CT molecular complexity index is 1050. The lowest BCUT2D eigenvalue weighted by atomic mass is 9.92. The van der Waals surface area contributed by atoms with Crippen LogP contribution in [0.4, 0.5) is 0 Å². The number of hydrogen-bond acceptors (Lipinski definition) is 4. The third kappa shape index (κ3) is 3.77.